The highest BCUT2D eigenvalue weighted by molar-refractivity contribution is 9.11. The number of nitrogens with zero attached hydrogens (tertiary/aromatic N) is 2. The van der Waals surface area contributed by atoms with Crippen LogP contribution in [0.3, 0.4) is 0 Å². The maximum atomic E-state index is 14.1. The number of halogens is 3. The Bertz CT molecular complexity index is 2190. The molecule has 226 valence electrons. The fraction of sp³-hybridized carbons (Fsp3) is 0.333. The maximum Gasteiger partial charge on any atom is 0.261 e. The largest absolute Gasteiger partial charge is 0.271 e. The summed E-state index contributed by atoms with van der Waals surface area (Å²) in [6, 6.07) is 9.22. The minimum absolute atomic E-state index is 0.0867. The lowest BCUT2D eigenvalue weighted by atomic mass is 9.81. The molecule has 2 aliphatic carbocycles. The fourth-order valence-corrected chi connectivity index (χ4v) is 10.7. The summed E-state index contributed by atoms with van der Waals surface area (Å²) in [4.78, 5) is 59.5. The molecule has 2 aliphatic heterocycles. The third kappa shape index (κ3) is 3.72. The number of benzene rings is 5. The Labute approximate surface area is 284 Å². The molecule has 0 spiro atoms. The van der Waals surface area contributed by atoms with Crippen molar-refractivity contribution in [1.82, 2.24) is 9.80 Å². The summed E-state index contributed by atoms with van der Waals surface area (Å²) in [6.07, 6.45) is 9.64. The molecule has 5 aromatic rings. The lowest BCUT2D eigenvalue weighted by molar-refractivity contribution is 0.0487. The number of hydrogen-bond donors (Lipinski definition) is 0. The molecule has 5 aromatic carbocycles. The van der Waals surface area contributed by atoms with Gasteiger partial charge < -0.3 is 0 Å². The van der Waals surface area contributed by atoms with E-state index in [1.165, 1.54) is 9.80 Å². The average molecular weight is 791 g/mol. The molecular weight excluding hydrogens is 764 g/mol. The Kier molecular flexibility index (Phi) is 6.34. The third-order valence-corrected chi connectivity index (χ3v) is 12.6. The van der Waals surface area contributed by atoms with Crippen molar-refractivity contribution < 1.29 is 19.2 Å². The topological polar surface area (TPSA) is 74.8 Å². The number of carbonyl (C=O) groups is 4. The van der Waals surface area contributed by atoms with Crippen LogP contribution >= 0.6 is 47.8 Å². The standard InChI is InChI=1S/C36H27Br3N2O4/c37-23-13-21-27-22(36(45)41(35(21)44)17-9-5-2-6-10-17)15-25(39)31-30-24(38)14-20-26-19(12-11-18(29(26)30)28(23)32(27)31)33(42)40(34(20)43)16-7-3-1-4-8-16/h11-17H,1-10H2. The first-order valence-corrected chi connectivity index (χ1v) is 18.2. The third-order valence-electron chi connectivity index (χ3n) is 10.7. The van der Waals surface area contributed by atoms with Gasteiger partial charge in [0, 0.05) is 85.5 Å². The highest BCUT2D eigenvalue weighted by Gasteiger charge is 2.42. The first-order chi connectivity index (χ1) is 21.8. The molecule has 2 heterocycles. The molecule has 6 nitrogen and oxygen atoms in total. The van der Waals surface area contributed by atoms with E-state index in [0.717, 1.165) is 110 Å². The van der Waals surface area contributed by atoms with E-state index in [-0.39, 0.29) is 35.7 Å². The summed E-state index contributed by atoms with van der Waals surface area (Å²) in [6.45, 7) is 0. The first-order valence-electron chi connectivity index (χ1n) is 15.8. The summed E-state index contributed by atoms with van der Waals surface area (Å²) in [5, 5.41) is 6.39. The van der Waals surface area contributed by atoms with Crippen LogP contribution in [0.2, 0.25) is 0 Å². The van der Waals surface area contributed by atoms with Gasteiger partial charge >= 0.3 is 0 Å². The molecule has 0 radical (unpaired) electrons. The van der Waals surface area contributed by atoms with Gasteiger partial charge in [-0.2, -0.15) is 0 Å². The lowest BCUT2D eigenvalue weighted by Crippen LogP contribution is -2.48. The van der Waals surface area contributed by atoms with Crippen LogP contribution < -0.4 is 0 Å². The maximum absolute atomic E-state index is 14.1. The predicted octanol–water partition coefficient (Wildman–Crippen LogP) is 9.88. The van der Waals surface area contributed by atoms with Crippen molar-refractivity contribution in [2.75, 3.05) is 0 Å². The molecule has 9 rings (SSSR count). The van der Waals surface area contributed by atoms with Gasteiger partial charge in [0.05, 0.1) is 0 Å². The van der Waals surface area contributed by atoms with Gasteiger partial charge in [-0.15, -0.1) is 0 Å². The summed E-state index contributed by atoms with van der Waals surface area (Å²) < 4.78 is 2.20. The summed E-state index contributed by atoms with van der Waals surface area (Å²) >= 11 is 11.5. The summed E-state index contributed by atoms with van der Waals surface area (Å²) in [7, 11) is 0. The van der Waals surface area contributed by atoms with Crippen LogP contribution in [0.25, 0.3) is 43.1 Å². The Morgan fingerprint density at radius 2 is 0.844 bits per heavy atom. The van der Waals surface area contributed by atoms with Gasteiger partial charge in [0.25, 0.3) is 23.6 Å². The van der Waals surface area contributed by atoms with E-state index < -0.39 is 0 Å². The Balaban J connectivity index is 1.37. The Hall–Kier alpha value is -2.88. The number of imide groups is 2. The molecule has 0 unspecified atom stereocenters. The molecule has 4 aliphatic rings. The second kappa shape index (κ2) is 10.1. The van der Waals surface area contributed by atoms with Crippen LogP contribution in [-0.2, 0) is 0 Å². The van der Waals surface area contributed by atoms with Gasteiger partial charge in [-0.25, -0.2) is 0 Å². The smallest absolute Gasteiger partial charge is 0.261 e. The van der Waals surface area contributed by atoms with E-state index in [2.05, 4.69) is 47.8 Å². The molecule has 0 saturated heterocycles. The molecular formula is C36H27Br3N2O4. The number of rotatable bonds is 2. The number of carbonyl (C=O) groups excluding carboxylic acids is 4. The van der Waals surface area contributed by atoms with Crippen molar-refractivity contribution in [3.8, 4) is 0 Å². The highest BCUT2D eigenvalue weighted by Crippen LogP contribution is 2.52. The quantitative estimate of drug-likeness (QED) is 0.101. The van der Waals surface area contributed by atoms with Crippen molar-refractivity contribution in [3.05, 3.63) is 66.0 Å². The SMILES string of the molecule is O=C1c2ccc3c4c(Br)cc5c6c(cc(Br)c(c7c(Br)cc(c2c37)C(=O)N1C1CCCCC1)c64)C(=O)N(C1CCCCC1)C5=O. The zero-order valence-corrected chi connectivity index (χ0v) is 29.0. The van der Waals surface area contributed by atoms with E-state index >= 15 is 0 Å². The minimum Gasteiger partial charge on any atom is -0.271 e. The van der Waals surface area contributed by atoms with Crippen LogP contribution in [0.15, 0.2) is 43.7 Å². The van der Waals surface area contributed by atoms with Crippen molar-refractivity contribution >= 4 is 115 Å². The van der Waals surface area contributed by atoms with E-state index in [0.29, 0.717) is 33.0 Å². The van der Waals surface area contributed by atoms with Crippen molar-refractivity contribution in [1.29, 1.82) is 0 Å². The minimum atomic E-state index is -0.242. The molecule has 9 heteroatoms. The monoisotopic (exact) mass is 788 g/mol. The van der Waals surface area contributed by atoms with Gasteiger partial charge in [0.1, 0.15) is 0 Å². The number of hydrogen-bond acceptors (Lipinski definition) is 4. The molecule has 0 atom stereocenters. The second-order valence-electron chi connectivity index (χ2n) is 13.0. The van der Waals surface area contributed by atoms with E-state index in [4.69, 9.17) is 0 Å². The molecule has 2 saturated carbocycles. The van der Waals surface area contributed by atoms with Gasteiger partial charge in [0.15, 0.2) is 0 Å². The normalized spacial score (nSPS) is 19.8. The van der Waals surface area contributed by atoms with Crippen LogP contribution in [-0.4, -0.2) is 45.5 Å². The average Bonchev–Trinajstić information content (AvgIpc) is 3.04. The summed E-state index contributed by atoms with van der Waals surface area (Å²) in [5.74, 6) is -0.951. The zero-order valence-electron chi connectivity index (χ0n) is 24.3. The van der Waals surface area contributed by atoms with Crippen LogP contribution in [0, 0.1) is 0 Å². The number of amides is 4. The van der Waals surface area contributed by atoms with Crippen LogP contribution in [0.5, 0.6) is 0 Å². The first kappa shape index (κ1) is 28.4. The summed E-state index contributed by atoms with van der Waals surface area (Å²) in [5.41, 5.74) is 2.11. The van der Waals surface area contributed by atoms with Gasteiger partial charge in [-0.3, -0.25) is 29.0 Å². The Morgan fingerprint density at radius 3 is 1.33 bits per heavy atom. The highest BCUT2D eigenvalue weighted by atomic mass is 79.9. The van der Waals surface area contributed by atoms with Crippen LogP contribution in [0.4, 0.5) is 0 Å². The zero-order chi connectivity index (χ0) is 30.9. The Morgan fingerprint density at radius 1 is 0.444 bits per heavy atom. The van der Waals surface area contributed by atoms with Gasteiger partial charge in [-0.05, 0) is 55.3 Å². The molecule has 45 heavy (non-hydrogen) atoms. The molecule has 4 amide bonds. The van der Waals surface area contributed by atoms with E-state index in [9.17, 15) is 19.2 Å². The van der Waals surface area contributed by atoms with E-state index in [1.54, 1.807) is 0 Å². The van der Waals surface area contributed by atoms with E-state index in [1.807, 2.05) is 30.3 Å². The van der Waals surface area contributed by atoms with Crippen LogP contribution in [0.1, 0.15) is 106 Å². The predicted molar refractivity (Wildman–Crippen MR) is 185 cm³/mol. The van der Waals surface area contributed by atoms with Gasteiger partial charge in [0.2, 0.25) is 0 Å². The molecule has 2 fully saturated rings. The second-order valence-corrected chi connectivity index (χ2v) is 15.6. The fourth-order valence-electron chi connectivity index (χ4n) is 8.79. The molecule has 0 bridgehead atoms. The van der Waals surface area contributed by atoms with Gasteiger partial charge in [-0.1, -0.05) is 92.4 Å². The number of fused-ring (bicyclic) bond motifs is 2. The van der Waals surface area contributed by atoms with Crippen molar-refractivity contribution in [2.45, 2.75) is 76.3 Å². The van der Waals surface area contributed by atoms with Crippen molar-refractivity contribution in [3.63, 3.8) is 0 Å². The van der Waals surface area contributed by atoms with Crippen molar-refractivity contribution in [2.24, 2.45) is 0 Å². The molecule has 0 N–H and O–H groups in total. The lowest BCUT2D eigenvalue weighted by Gasteiger charge is -2.37. The molecule has 0 aromatic heterocycles.